The fourth-order valence-electron chi connectivity index (χ4n) is 11.2. The van der Waals surface area contributed by atoms with Crippen LogP contribution in [0.5, 0.6) is 0 Å². The first-order valence-electron chi connectivity index (χ1n) is 15.2. The molecule has 7 nitrogen and oxygen atoms in total. The van der Waals surface area contributed by atoms with E-state index in [1.165, 1.54) is 6.92 Å². The third kappa shape index (κ3) is 3.87. The highest BCUT2D eigenvalue weighted by molar-refractivity contribution is 6.04. The Labute approximate surface area is 239 Å². The number of carbonyl (C=O) groups excluding carboxylic acids is 4. The molecule has 5 aliphatic rings. The van der Waals surface area contributed by atoms with Crippen LogP contribution >= 0.6 is 0 Å². The lowest BCUT2D eigenvalue weighted by molar-refractivity contribution is -0.214. The van der Waals surface area contributed by atoms with E-state index < -0.39 is 10.8 Å². The molecule has 0 radical (unpaired) electrons. The van der Waals surface area contributed by atoms with Gasteiger partial charge in [-0.15, -0.1) is 0 Å². The maximum absolute atomic E-state index is 14.5. The molecular weight excluding hydrogens is 502 g/mol. The van der Waals surface area contributed by atoms with Crippen LogP contribution in [-0.4, -0.2) is 23.4 Å². The molecule has 5 rings (SSSR count). The Balaban J connectivity index is 1.55. The molecule has 0 heterocycles. The van der Waals surface area contributed by atoms with Gasteiger partial charge in [0.1, 0.15) is 11.9 Å². The molecule has 4 saturated carbocycles. The third-order valence-corrected chi connectivity index (χ3v) is 13.0. The molecule has 2 amide bonds. The molecule has 2 N–H and O–H groups in total. The molecule has 0 saturated heterocycles. The van der Waals surface area contributed by atoms with Crippen molar-refractivity contribution in [2.45, 2.75) is 100 Å². The fraction of sp³-hybridized carbons (Fsp3) is 0.788. The van der Waals surface area contributed by atoms with Crippen LogP contribution in [0.4, 0.5) is 0 Å². The molecule has 4 fully saturated rings. The van der Waals surface area contributed by atoms with Crippen molar-refractivity contribution in [3.05, 3.63) is 11.6 Å². The summed E-state index contributed by atoms with van der Waals surface area (Å²) in [6.07, 6.45) is 7.66. The van der Waals surface area contributed by atoms with E-state index in [0.29, 0.717) is 12.2 Å². The van der Waals surface area contributed by atoms with E-state index in [0.717, 1.165) is 38.5 Å². The highest BCUT2D eigenvalue weighted by Crippen LogP contribution is 2.74. The zero-order valence-corrected chi connectivity index (χ0v) is 25.6. The highest BCUT2D eigenvalue weighted by Gasteiger charge is 2.71. The van der Waals surface area contributed by atoms with Crippen molar-refractivity contribution >= 4 is 23.4 Å². The van der Waals surface area contributed by atoms with Crippen molar-refractivity contribution in [1.82, 2.24) is 10.9 Å². The van der Waals surface area contributed by atoms with Crippen LogP contribution in [0, 0.1) is 73.9 Å². The number of allylic oxidation sites excluding steroid dienone is 2. The van der Waals surface area contributed by atoms with Gasteiger partial charge in [0.15, 0.2) is 5.78 Å². The van der Waals surface area contributed by atoms with Gasteiger partial charge in [-0.3, -0.25) is 30.0 Å². The lowest BCUT2D eigenvalue weighted by atomic mass is 9.32. The quantitative estimate of drug-likeness (QED) is 0.430. The van der Waals surface area contributed by atoms with Crippen LogP contribution in [0.25, 0.3) is 0 Å². The molecule has 5 aliphatic carbocycles. The third-order valence-electron chi connectivity index (χ3n) is 13.0. The Bertz CT molecular complexity index is 1240. The van der Waals surface area contributed by atoms with Crippen molar-refractivity contribution < 1.29 is 19.2 Å². The number of hydrogen-bond acceptors (Lipinski definition) is 5. The number of Topliss-reactive ketones (excluding diaryl/α,β-unsaturated/α-hetero) is 2. The molecule has 0 bridgehead atoms. The Morgan fingerprint density at radius 3 is 2.17 bits per heavy atom. The number of rotatable bonds is 1. The van der Waals surface area contributed by atoms with Gasteiger partial charge in [0, 0.05) is 30.6 Å². The smallest absolute Gasteiger partial charge is 0.241 e. The average molecular weight is 550 g/mol. The van der Waals surface area contributed by atoms with E-state index in [1.54, 1.807) is 0 Å². The Hall–Kier alpha value is -2.49. The van der Waals surface area contributed by atoms with Gasteiger partial charge in [0.2, 0.25) is 11.8 Å². The van der Waals surface area contributed by atoms with Gasteiger partial charge < -0.3 is 0 Å². The molecule has 0 aliphatic heterocycles. The van der Waals surface area contributed by atoms with Crippen LogP contribution in [0.3, 0.4) is 0 Å². The first-order valence-corrected chi connectivity index (χ1v) is 15.2. The van der Waals surface area contributed by atoms with Crippen molar-refractivity contribution in [1.29, 1.82) is 5.26 Å². The summed E-state index contributed by atoms with van der Waals surface area (Å²) in [7, 11) is 0. The summed E-state index contributed by atoms with van der Waals surface area (Å²) < 4.78 is 0. The number of fused-ring (bicyclic) bond motifs is 7. The van der Waals surface area contributed by atoms with Crippen molar-refractivity contribution in [3.63, 3.8) is 0 Å². The van der Waals surface area contributed by atoms with E-state index in [2.05, 4.69) is 51.5 Å². The molecule has 218 valence electrons. The summed E-state index contributed by atoms with van der Waals surface area (Å²) >= 11 is 0. The second-order valence-electron chi connectivity index (χ2n) is 15.9. The lowest BCUT2D eigenvalue weighted by Crippen LogP contribution is -2.68. The molecule has 0 aromatic rings. The van der Waals surface area contributed by atoms with E-state index in [-0.39, 0.29) is 74.9 Å². The maximum Gasteiger partial charge on any atom is 0.241 e. The zero-order valence-electron chi connectivity index (χ0n) is 25.6. The number of nitrogens with zero attached hydrogens (tertiary/aromatic N) is 1. The summed E-state index contributed by atoms with van der Waals surface area (Å²) in [5.74, 6) is -0.245. The highest BCUT2D eigenvalue weighted by atomic mass is 16.2. The minimum absolute atomic E-state index is 0.0511. The standard InChI is InChI=1S/C33H47N3O4/c1-18(37)35-36-28(40)22-16-29(2,3)15-21-20(22)9-11-33(8)26(21)23(38)13-25-31(6)14-19(17-34)27(39)30(4,5)24(31)10-12-32(25,33)7/h14,20-22,24-26H,9-13,15-16H2,1-8H3,(H,35,37)(H,36,40)/t20?,21?,22-,24+,25-,26?,31+,32-,33-/m1/s1. The Kier molecular flexibility index (Phi) is 6.53. The van der Waals surface area contributed by atoms with Gasteiger partial charge in [0.25, 0.3) is 0 Å². The predicted molar refractivity (Wildman–Crippen MR) is 151 cm³/mol. The van der Waals surface area contributed by atoms with Crippen molar-refractivity contribution in [3.8, 4) is 6.07 Å². The molecule has 7 heteroatoms. The largest absolute Gasteiger partial charge is 0.299 e. The van der Waals surface area contributed by atoms with E-state index in [4.69, 9.17) is 0 Å². The van der Waals surface area contributed by atoms with Crippen molar-refractivity contribution in [2.24, 2.45) is 62.6 Å². The molecular formula is C33H47N3O4. The fourth-order valence-corrected chi connectivity index (χ4v) is 11.2. The average Bonchev–Trinajstić information content (AvgIpc) is 2.85. The SMILES string of the molecule is CC(=O)NNC(=O)[C@@H]1CC(C)(C)CC2C1CC[C@]1(C)C2C(=O)C[C@@H]2[C@@]3(C)C=C(C#N)C(=O)C(C)(C)[C@@H]3CC[C@]21C. The van der Waals surface area contributed by atoms with E-state index in [9.17, 15) is 24.4 Å². The number of nitrogens with one attached hydrogen (secondary N) is 2. The van der Waals surface area contributed by atoms with Gasteiger partial charge in [-0.25, -0.2) is 0 Å². The van der Waals surface area contributed by atoms with Gasteiger partial charge in [0.05, 0.1) is 5.57 Å². The second kappa shape index (κ2) is 9.00. The second-order valence-corrected chi connectivity index (χ2v) is 15.9. The van der Waals surface area contributed by atoms with Crippen LogP contribution in [0.2, 0.25) is 0 Å². The monoisotopic (exact) mass is 549 g/mol. The van der Waals surface area contributed by atoms with Crippen LogP contribution in [0.15, 0.2) is 11.6 Å². The number of hydrazine groups is 1. The predicted octanol–water partition coefficient (Wildman–Crippen LogP) is 5.31. The zero-order chi connectivity index (χ0) is 29.6. The molecule has 40 heavy (non-hydrogen) atoms. The minimum Gasteiger partial charge on any atom is -0.299 e. The van der Waals surface area contributed by atoms with E-state index >= 15 is 0 Å². The number of amides is 2. The number of nitriles is 1. The Morgan fingerprint density at radius 1 is 0.900 bits per heavy atom. The molecule has 3 unspecified atom stereocenters. The summed E-state index contributed by atoms with van der Waals surface area (Å²) in [5.41, 5.74) is 3.84. The van der Waals surface area contributed by atoms with Gasteiger partial charge >= 0.3 is 0 Å². The number of hydrogen-bond donors (Lipinski definition) is 2. The lowest BCUT2D eigenvalue weighted by Gasteiger charge is -2.71. The normalized spacial score (nSPS) is 44.9. The Morgan fingerprint density at radius 2 is 1.55 bits per heavy atom. The topological polar surface area (TPSA) is 116 Å². The van der Waals surface area contributed by atoms with Gasteiger partial charge in [-0.2, -0.15) is 5.26 Å². The maximum atomic E-state index is 14.5. The molecule has 0 spiro atoms. The van der Waals surface area contributed by atoms with E-state index in [1.807, 2.05) is 19.9 Å². The molecule has 0 aromatic heterocycles. The first kappa shape index (κ1) is 29.0. The van der Waals surface area contributed by atoms with Crippen LogP contribution in [-0.2, 0) is 19.2 Å². The summed E-state index contributed by atoms with van der Waals surface area (Å²) in [5, 5.41) is 9.90. The minimum atomic E-state index is -0.643. The summed E-state index contributed by atoms with van der Waals surface area (Å²) in [4.78, 5) is 52.5. The number of ketones is 2. The number of carbonyl (C=O) groups is 4. The summed E-state index contributed by atoms with van der Waals surface area (Å²) in [6.45, 7) is 16.7. The van der Waals surface area contributed by atoms with Crippen LogP contribution in [0.1, 0.15) is 100 Å². The first-order chi connectivity index (χ1) is 18.4. The van der Waals surface area contributed by atoms with Gasteiger partial charge in [-0.1, -0.05) is 54.5 Å². The molecule has 0 aromatic carbocycles. The van der Waals surface area contributed by atoms with Crippen molar-refractivity contribution in [2.75, 3.05) is 0 Å². The van der Waals surface area contributed by atoms with Crippen LogP contribution < -0.4 is 10.9 Å². The van der Waals surface area contributed by atoms with Gasteiger partial charge in [-0.05, 0) is 83.9 Å². The molecule has 9 atom stereocenters. The summed E-state index contributed by atoms with van der Waals surface area (Å²) in [6, 6.07) is 2.19.